The third-order valence-electron chi connectivity index (χ3n) is 2.89. The lowest BCUT2D eigenvalue weighted by molar-refractivity contribution is -0.126. The number of carbonyl (C=O) groups excluding carboxylic acids is 1. The third kappa shape index (κ3) is 2.07. The summed E-state index contributed by atoms with van der Waals surface area (Å²) < 4.78 is 10.7. The largest absolute Gasteiger partial charge is 0.373 e. The van der Waals surface area contributed by atoms with Gasteiger partial charge < -0.3 is 14.8 Å². The summed E-state index contributed by atoms with van der Waals surface area (Å²) in [5.41, 5.74) is 0. The summed E-state index contributed by atoms with van der Waals surface area (Å²) in [4.78, 5) is 11.3. The van der Waals surface area contributed by atoms with Crippen LogP contribution in [0.5, 0.6) is 0 Å². The van der Waals surface area contributed by atoms with Crippen LogP contribution in [0, 0.1) is 0 Å². The second-order valence-corrected chi connectivity index (χ2v) is 3.92. The number of fused-ring (bicyclic) bond motifs is 2. The number of rotatable bonds is 4. The summed E-state index contributed by atoms with van der Waals surface area (Å²) in [6.45, 7) is 2.64. The molecule has 14 heavy (non-hydrogen) atoms. The standard InChI is InChI=1S/C10H17NO3/c1-2-13-6-10(12)11-8-5-7-3-4-9(8)14-7/h7-9H,2-6H2,1H3,(H,11,12). The van der Waals surface area contributed by atoms with E-state index in [-0.39, 0.29) is 24.7 Å². The van der Waals surface area contributed by atoms with Crippen LogP contribution in [0.3, 0.4) is 0 Å². The highest BCUT2D eigenvalue weighted by molar-refractivity contribution is 5.77. The molecule has 0 spiro atoms. The molecule has 2 heterocycles. The van der Waals surface area contributed by atoms with Crippen molar-refractivity contribution in [3.05, 3.63) is 0 Å². The van der Waals surface area contributed by atoms with Crippen molar-refractivity contribution in [1.82, 2.24) is 5.32 Å². The van der Waals surface area contributed by atoms with E-state index in [0.29, 0.717) is 12.7 Å². The average molecular weight is 199 g/mol. The van der Waals surface area contributed by atoms with Crippen LogP contribution < -0.4 is 5.32 Å². The van der Waals surface area contributed by atoms with Crippen molar-refractivity contribution in [3.63, 3.8) is 0 Å². The van der Waals surface area contributed by atoms with Crippen LogP contribution in [0.15, 0.2) is 0 Å². The number of ether oxygens (including phenoxy) is 2. The van der Waals surface area contributed by atoms with E-state index in [4.69, 9.17) is 9.47 Å². The van der Waals surface area contributed by atoms with Crippen molar-refractivity contribution in [2.75, 3.05) is 13.2 Å². The molecule has 2 rings (SSSR count). The van der Waals surface area contributed by atoms with Gasteiger partial charge in [0, 0.05) is 6.61 Å². The summed E-state index contributed by atoms with van der Waals surface area (Å²) in [5, 5.41) is 2.96. The third-order valence-corrected chi connectivity index (χ3v) is 2.89. The maximum Gasteiger partial charge on any atom is 0.246 e. The van der Waals surface area contributed by atoms with Crippen molar-refractivity contribution in [2.45, 2.75) is 44.4 Å². The van der Waals surface area contributed by atoms with Gasteiger partial charge in [-0.25, -0.2) is 0 Å². The molecule has 3 atom stereocenters. The predicted octanol–water partition coefficient (Wildman–Crippen LogP) is 0.459. The topological polar surface area (TPSA) is 47.6 Å². The molecule has 0 aliphatic carbocycles. The molecule has 0 radical (unpaired) electrons. The van der Waals surface area contributed by atoms with Crippen LogP contribution >= 0.6 is 0 Å². The van der Waals surface area contributed by atoms with Gasteiger partial charge in [-0.05, 0) is 26.2 Å². The highest BCUT2D eigenvalue weighted by atomic mass is 16.5. The molecular formula is C10H17NO3. The molecule has 2 bridgehead atoms. The molecule has 4 nitrogen and oxygen atoms in total. The van der Waals surface area contributed by atoms with E-state index in [9.17, 15) is 4.79 Å². The fourth-order valence-corrected chi connectivity index (χ4v) is 2.23. The minimum absolute atomic E-state index is 0.0204. The lowest BCUT2D eigenvalue weighted by Gasteiger charge is -2.19. The fraction of sp³-hybridized carbons (Fsp3) is 0.900. The second kappa shape index (κ2) is 4.28. The van der Waals surface area contributed by atoms with Crippen molar-refractivity contribution < 1.29 is 14.3 Å². The zero-order valence-electron chi connectivity index (χ0n) is 8.49. The number of carbonyl (C=O) groups is 1. The fourth-order valence-electron chi connectivity index (χ4n) is 2.23. The van der Waals surface area contributed by atoms with E-state index in [1.54, 1.807) is 0 Å². The number of amides is 1. The zero-order chi connectivity index (χ0) is 9.97. The van der Waals surface area contributed by atoms with Gasteiger partial charge in [-0.15, -0.1) is 0 Å². The van der Waals surface area contributed by atoms with E-state index in [1.807, 2.05) is 6.92 Å². The summed E-state index contributed by atoms with van der Waals surface area (Å²) in [6.07, 6.45) is 3.86. The number of hydrogen-bond acceptors (Lipinski definition) is 3. The molecule has 0 aromatic rings. The van der Waals surface area contributed by atoms with E-state index < -0.39 is 0 Å². The summed E-state index contributed by atoms with van der Waals surface area (Å²) in [5.74, 6) is -0.0204. The Hall–Kier alpha value is -0.610. The van der Waals surface area contributed by atoms with Gasteiger partial charge in [0.2, 0.25) is 5.91 Å². The normalized spacial score (nSPS) is 34.8. The Morgan fingerprint density at radius 1 is 1.57 bits per heavy atom. The molecule has 2 saturated heterocycles. The Bertz CT molecular complexity index is 219. The lowest BCUT2D eigenvalue weighted by Crippen LogP contribution is -2.42. The maximum atomic E-state index is 11.3. The Morgan fingerprint density at radius 2 is 2.43 bits per heavy atom. The minimum atomic E-state index is -0.0204. The molecule has 3 unspecified atom stereocenters. The maximum absolute atomic E-state index is 11.3. The molecule has 0 aromatic carbocycles. The van der Waals surface area contributed by atoms with Gasteiger partial charge in [-0.2, -0.15) is 0 Å². The lowest BCUT2D eigenvalue weighted by atomic mass is 9.95. The molecule has 4 heteroatoms. The first-order valence-electron chi connectivity index (χ1n) is 5.32. The van der Waals surface area contributed by atoms with Crippen molar-refractivity contribution in [3.8, 4) is 0 Å². The smallest absolute Gasteiger partial charge is 0.246 e. The van der Waals surface area contributed by atoms with E-state index >= 15 is 0 Å². The van der Waals surface area contributed by atoms with Crippen molar-refractivity contribution >= 4 is 5.91 Å². The molecule has 1 N–H and O–H groups in total. The van der Waals surface area contributed by atoms with Gasteiger partial charge >= 0.3 is 0 Å². The molecule has 0 saturated carbocycles. The van der Waals surface area contributed by atoms with Gasteiger partial charge in [-0.1, -0.05) is 0 Å². The van der Waals surface area contributed by atoms with Gasteiger partial charge in [0.05, 0.1) is 18.2 Å². The number of nitrogens with one attached hydrogen (secondary N) is 1. The first kappa shape index (κ1) is 9.93. The van der Waals surface area contributed by atoms with E-state index in [1.165, 1.54) is 0 Å². The molecule has 2 aliphatic heterocycles. The molecular weight excluding hydrogens is 182 g/mol. The second-order valence-electron chi connectivity index (χ2n) is 3.92. The Labute approximate surface area is 84.0 Å². The van der Waals surface area contributed by atoms with Gasteiger partial charge in [0.1, 0.15) is 6.61 Å². The van der Waals surface area contributed by atoms with Crippen molar-refractivity contribution in [1.29, 1.82) is 0 Å². The van der Waals surface area contributed by atoms with Crippen LogP contribution in [0.25, 0.3) is 0 Å². The van der Waals surface area contributed by atoms with Gasteiger partial charge in [0.15, 0.2) is 0 Å². The highest BCUT2D eigenvalue weighted by Crippen LogP contribution is 2.34. The predicted molar refractivity (Wildman–Crippen MR) is 50.9 cm³/mol. The first-order chi connectivity index (χ1) is 6.79. The van der Waals surface area contributed by atoms with Crippen LogP contribution in [0.2, 0.25) is 0 Å². The Morgan fingerprint density at radius 3 is 3.00 bits per heavy atom. The summed E-state index contributed by atoms with van der Waals surface area (Å²) in [7, 11) is 0. The minimum Gasteiger partial charge on any atom is -0.373 e. The monoisotopic (exact) mass is 199 g/mol. The number of hydrogen-bond donors (Lipinski definition) is 1. The summed E-state index contributed by atoms with van der Waals surface area (Å²) >= 11 is 0. The molecule has 2 aliphatic rings. The van der Waals surface area contributed by atoms with Crippen LogP contribution in [-0.2, 0) is 14.3 Å². The molecule has 0 aromatic heterocycles. The quantitative estimate of drug-likeness (QED) is 0.715. The molecule has 2 fully saturated rings. The Balaban J connectivity index is 1.73. The highest BCUT2D eigenvalue weighted by Gasteiger charge is 2.41. The molecule has 1 amide bonds. The average Bonchev–Trinajstić information content (AvgIpc) is 2.76. The first-order valence-corrected chi connectivity index (χ1v) is 5.32. The van der Waals surface area contributed by atoms with Gasteiger partial charge in [-0.3, -0.25) is 4.79 Å². The van der Waals surface area contributed by atoms with Gasteiger partial charge in [0.25, 0.3) is 0 Å². The van der Waals surface area contributed by atoms with Crippen LogP contribution in [0.4, 0.5) is 0 Å². The zero-order valence-corrected chi connectivity index (χ0v) is 8.49. The Kier molecular flexibility index (Phi) is 3.03. The summed E-state index contributed by atoms with van der Waals surface area (Å²) in [6, 6.07) is 0.224. The van der Waals surface area contributed by atoms with Crippen LogP contribution in [0.1, 0.15) is 26.2 Å². The SMILES string of the molecule is CCOCC(=O)NC1CC2CCC1O2. The van der Waals surface area contributed by atoms with E-state index in [2.05, 4.69) is 5.32 Å². The van der Waals surface area contributed by atoms with Crippen molar-refractivity contribution in [2.24, 2.45) is 0 Å². The van der Waals surface area contributed by atoms with Crippen LogP contribution in [-0.4, -0.2) is 37.4 Å². The molecule has 80 valence electrons. The van der Waals surface area contributed by atoms with E-state index in [0.717, 1.165) is 19.3 Å².